The van der Waals surface area contributed by atoms with Gasteiger partial charge in [0.15, 0.2) is 0 Å². The highest BCUT2D eigenvalue weighted by molar-refractivity contribution is 6.04. The molecule has 122 valence electrons. The Balaban J connectivity index is 1.88. The average molecular weight is 315 g/mol. The summed E-state index contributed by atoms with van der Waals surface area (Å²) in [5.74, 6) is -0.535. The third-order valence-corrected chi connectivity index (χ3v) is 4.90. The summed E-state index contributed by atoms with van der Waals surface area (Å²) in [5.41, 5.74) is 6.36. The van der Waals surface area contributed by atoms with Crippen LogP contribution in [0.2, 0.25) is 0 Å². The first kappa shape index (κ1) is 15.4. The van der Waals surface area contributed by atoms with E-state index in [0.717, 1.165) is 22.9 Å². The highest BCUT2D eigenvalue weighted by atomic mass is 16.3. The fourth-order valence-corrected chi connectivity index (χ4v) is 3.50. The highest BCUT2D eigenvalue weighted by Gasteiger charge is 2.47. The van der Waals surface area contributed by atoms with Gasteiger partial charge in [0.05, 0.1) is 0 Å². The number of piperidine rings is 1. The van der Waals surface area contributed by atoms with Crippen molar-refractivity contribution < 1.29 is 14.7 Å². The van der Waals surface area contributed by atoms with Crippen molar-refractivity contribution in [1.29, 1.82) is 0 Å². The molecule has 1 atom stereocenters. The zero-order valence-electron chi connectivity index (χ0n) is 13.1. The van der Waals surface area contributed by atoms with Gasteiger partial charge in [-0.1, -0.05) is 0 Å². The van der Waals surface area contributed by atoms with E-state index >= 15 is 0 Å². The first-order chi connectivity index (χ1) is 10.9. The lowest BCUT2D eigenvalue weighted by Crippen LogP contribution is -2.54. The van der Waals surface area contributed by atoms with E-state index in [2.05, 4.69) is 4.98 Å². The Labute approximate surface area is 134 Å². The van der Waals surface area contributed by atoms with Crippen LogP contribution in [-0.2, 0) is 16.0 Å². The Bertz CT molecular complexity index is 768. The van der Waals surface area contributed by atoms with Gasteiger partial charge in [0, 0.05) is 30.7 Å². The van der Waals surface area contributed by atoms with Crippen LogP contribution in [0.1, 0.15) is 24.8 Å². The highest BCUT2D eigenvalue weighted by Crippen LogP contribution is 2.36. The van der Waals surface area contributed by atoms with Crippen molar-refractivity contribution in [2.45, 2.75) is 25.7 Å². The van der Waals surface area contributed by atoms with Gasteiger partial charge >= 0.3 is 0 Å². The molecule has 1 aromatic carbocycles. The number of primary amides is 1. The standard InChI is InChI=1S/C17H21N3O3/c1-20-8-2-6-17(15(18)22,16(20)23)7-5-11-10-19-14-4-3-12(21)9-13(11)14/h3-4,9-10,19,21H,2,5-8H2,1H3,(H2,18,22). The lowest BCUT2D eigenvalue weighted by Gasteiger charge is -2.38. The molecule has 2 heterocycles. The molecule has 0 radical (unpaired) electrons. The van der Waals surface area contributed by atoms with Gasteiger partial charge in [-0.15, -0.1) is 0 Å². The second kappa shape index (κ2) is 5.61. The summed E-state index contributed by atoms with van der Waals surface area (Å²) in [6, 6.07) is 5.11. The number of rotatable bonds is 4. The van der Waals surface area contributed by atoms with Crippen molar-refractivity contribution in [2.75, 3.05) is 13.6 Å². The van der Waals surface area contributed by atoms with Crippen molar-refractivity contribution in [1.82, 2.24) is 9.88 Å². The normalized spacial score (nSPS) is 21.8. The molecule has 1 unspecified atom stereocenters. The quantitative estimate of drug-likeness (QED) is 0.746. The summed E-state index contributed by atoms with van der Waals surface area (Å²) in [7, 11) is 1.71. The number of carbonyl (C=O) groups is 2. The molecular weight excluding hydrogens is 294 g/mol. The third-order valence-electron chi connectivity index (χ3n) is 4.90. The molecule has 0 aliphatic carbocycles. The minimum absolute atomic E-state index is 0.182. The number of nitrogens with two attached hydrogens (primary N) is 1. The summed E-state index contributed by atoms with van der Waals surface area (Å²) in [6.07, 6.45) is 4.06. The third kappa shape index (κ3) is 2.54. The smallest absolute Gasteiger partial charge is 0.238 e. The zero-order chi connectivity index (χ0) is 16.6. The van der Waals surface area contributed by atoms with Crippen LogP contribution >= 0.6 is 0 Å². The van der Waals surface area contributed by atoms with Gasteiger partial charge in [0.1, 0.15) is 11.2 Å². The van der Waals surface area contributed by atoms with E-state index < -0.39 is 11.3 Å². The maximum absolute atomic E-state index is 12.5. The Morgan fingerprint density at radius 1 is 1.48 bits per heavy atom. The number of phenols is 1. The van der Waals surface area contributed by atoms with E-state index in [1.165, 1.54) is 0 Å². The monoisotopic (exact) mass is 315 g/mol. The van der Waals surface area contributed by atoms with Gasteiger partial charge < -0.3 is 20.7 Å². The zero-order valence-corrected chi connectivity index (χ0v) is 13.1. The fourth-order valence-electron chi connectivity index (χ4n) is 3.50. The van der Waals surface area contributed by atoms with E-state index in [0.29, 0.717) is 25.8 Å². The van der Waals surface area contributed by atoms with Crippen LogP contribution in [0.3, 0.4) is 0 Å². The van der Waals surface area contributed by atoms with E-state index in [-0.39, 0.29) is 11.7 Å². The predicted molar refractivity (Wildman–Crippen MR) is 86.8 cm³/mol. The maximum atomic E-state index is 12.5. The number of carbonyl (C=O) groups excluding carboxylic acids is 2. The minimum Gasteiger partial charge on any atom is -0.508 e. The number of nitrogens with zero attached hydrogens (tertiary/aromatic N) is 1. The summed E-state index contributed by atoms with van der Waals surface area (Å²) in [5, 5.41) is 10.6. The second-order valence-corrected chi connectivity index (χ2v) is 6.32. The predicted octanol–water partition coefficient (Wildman–Crippen LogP) is 1.53. The number of benzene rings is 1. The van der Waals surface area contributed by atoms with Gasteiger partial charge in [-0.3, -0.25) is 9.59 Å². The molecule has 2 aromatic rings. The Morgan fingerprint density at radius 2 is 2.26 bits per heavy atom. The number of aromatic amines is 1. The molecular formula is C17H21N3O3. The molecule has 0 saturated carbocycles. The summed E-state index contributed by atoms with van der Waals surface area (Å²) < 4.78 is 0. The molecule has 2 amide bonds. The van der Waals surface area contributed by atoms with Crippen LogP contribution in [0.15, 0.2) is 24.4 Å². The number of H-pyrrole nitrogens is 1. The molecule has 1 aromatic heterocycles. The maximum Gasteiger partial charge on any atom is 0.238 e. The first-order valence-electron chi connectivity index (χ1n) is 7.78. The lowest BCUT2D eigenvalue weighted by molar-refractivity contribution is -0.152. The number of phenolic OH excluding ortho intramolecular Hbond substituents is 1. The van der Waals surface area contributed by atoms with Crippen LogP contribution in [0, 0.1) is 5.41 Å². The van der Waals surface area contributed by atoms with E-state index in [1.807, 2.05) is 6.20 Å². The molecule has 1 fully saturated rings. The number of fused-ring (bicyclic) bond motifs is 1. The second-order valence-electron chi connectivity index (χ2n) is 6.32. The summed E-state index contributed by atoms with van der Waals surface area (Å²) in [4.78, 5) is 29.3. The van der Waals surface area contributed by atoms with E-state index in [4.69, 9.17) is 5.73 Å². The largest absolute Gasteiger partial charge is 0.508 e. The number of aromatic nitrogens is 1. The fraction of sp³-hybridized carbons (Fsp3) is 0.412. The van der Waals surface area contributed by atoms with Gasteiger partial charge in [-0.05, 0) is 49.4 Å². The van der Waals surface area contributed by atoms with Crippen molar-refractivity contribution in [3.8, 4) is 5.75 Å². The van der Waals surface area contributed by atoms with Crippen molar-refractivity contribution >= 4 is 22.7 Å². The molecule has 1 saturated heterocycles. The van der Waals surface area contributed by atoms with Gasteiger partial charge in [-0.2, -0.15) is 0 Å². The number of nitrogens with one attached hydrogen (secondary N) is 1. The number of amides is 2. The molecule has 0 bridgehead atoms. The van der Waals surface area contributed by atoms with Crippen LogP contribution in [-0.4, -0.2) is 40.4 Å². The van der Waals surface area contributed by atoms with Crippen LogP contribution in [0.25, 0.3) is 10.9 Å². The number of aromatic hydroxyl groups is 1. The number of aryl methyl sites for hydroxylation is 1. The minimum atomic E-state index is -1.12. The van der Waals surface area contributed by atoms with Crippen LogP contribution < -0.4 is 5.73 Å². The SMILES string of the molecule is CN1CCCC(CCc2c[nH]c3ccc(O)cc23)(C(N)=O)C1=O. The molecule has 1 aliphatic heterocycles. The van der Waals surface area contributed by atoms with Gasteiger partial charge in [-0.25, -0.2) is 0 Å². The molecule has 6 nitrogen and oxygen atoms in total. The lowest BCUT2D eigenvalue weighted by atomic mass is 9.74. The summed E-state index contributed by atoms with van der Waals surface area (Å²) in [6.45, 7) is 0.662. The van der Waals surface area contributed by atoms with Crippen LogP contribution in [0.4, 0.5) is 0 Å². The Hall–Kier alpha value is -2.50. The van der Waals surface area contributed by atoms with Crippen molar-refractivity contribution in [2.24, 2.45) is 11.1 Å². The van der Waals surface area contributed by atoms with E-state index in [1.54, 1.807) is 30.1 Å². The van der Waals surface area contributed by atoms with Crippen LogP contribution in [0.5, 0.6) is 5.75 Å². The summed E-state index contributed by atoms with van der Waals surface area (Å²) >= 11 is 0. The number of likely N-dealkylation sites (tertiary alicyclic amines) is 1. The van der Waals surface area contributed by atoms with Gasteiger partial charge in [0.25, 0.3) is 0 Å². The molecule has 6 heteroatoms. The number of hydrogen-bond donors (Lipinski definition) is 3. The number of hydrogen-bond acceptors (Lipinski definition) is 3. The molecule has 1 aliphatic rings. The molecule has 4 N–H and O–H groups in total. The molecule has 23 heavy (non-hydrogen) atoms. The van der Waals surface area contributed by atoms with Crippen molar-refractivity contribution in [3.05, 3.63) is 30.0 Å². The molecule has 0 spiro atoms. The Morgan fingerprint density at radius 3 is 3.00 bits per heavy atom. The van der Waals surface area contributed by atoms with E-state index in [9.17, 15) is 14.7 Å². The van der Waals surface area contributed by atoms with Crippen molar-refractivity contribution in [3.63, 3.8) is 0 Å². The average Bonchev–Trinajstić information content (AvgIpc) is 2.91. The topological polar surface area (TPSA) is 99.4 Å². The Kier molecular flexibility index (Phi) is 3.75. The van der Waals surface area contributed by atoms with Gasteiger partial charge in [0.2, 0.25) is 11.8 Å². The molecule has 3 rings (SSSR count). The first-order valence-corrected chi connectivity index (χ1v) is 7.78.